The van der Waals surface area contributed by atoms with Crippen molar-refractivity contribution in [2.45, 2.75) is 5.60 Å². The second kappa shape index (κ2) is 3.51. The summed E-state index contributed by atoms with van der Waals surface area (Å²) in [6.07, 6.45) is 12.7. The Hall–Kier alpha value is -1.61. The van der Waals surface area contributed by atoms with E-state index < -0.39 is 11.6 Å². The Balaban J connectivity index is 2.48. The molecule has 2 rings (SSSR count). The Morgan fingerprint density at radius 1 is 1.47 bits per heavy atom. The highest BCUT2D eigenvalue weighted by atomic mass is 16.5. The molecule has 2 aliphatic carbocycles. The van der Waals surface area contributed by atoms with E-state index in [0.29, 0.717) is 0 Å². The summed E-state index contributed by atoms with van der Waals surface area (Å²) < 4.78 is 5.20. The first-order valence-electron chi connectivity index (χ1n) is 4.73. The number of carboxylic acid groups (broad SMARTS) is 1. The van der Waals surface area contributed by atoms with Gasteiger partial charge in [-0.15, -0.1) is 0 Å². The van der Waals surface area contributed by atoms with Gasteiger partial charge in [0.1, 0.15) is 0 Å². The minimum absolute atomic E-state index is 0.241. The third-order valence-electron chi connectivity index (χ3n) is 2.83. The van der Waals surface area contributed by atoms with E-state index in [1.54, 1.807) is 12.2 Å². The molecule has 2 atom stereocenters. The predicted octanol–water partition coefficient (Wildman–Crippen LogP) is 1.69. The Kier molecular flexibility index (Phi) is 2.32. The van der Waals surface area contributed by atoms with Gasteiger partial charge in [0, 0.05) is 13.0 Å². The molecule has 78 valence electrons. The fourth-order valence-corrected chi connectivity index (χ4v) is 2.00. The fourth-order valence-electron chi connectivity index (χ4n) is 2.00. The minimum atomic E-state index is -1.26. The van der Waals surface area contributed by atoms with Crippen LogP contribution in [0.5, 0.6) is 0 Å². The SMILES string of the molecule is CO[C@@]1(C(=O)O)C=CC=C2C=CC=C[C@H]21. The molecule has 0 saturated carbocycles. The monoisotopic (exact) mass is 204 g/mol. The highest BCUT2D eigenvalue weighted by Gasteiger charge is 2.45. The molecule has 0 unspecified atom stereocenters. The Morgan fingerprint density at radius 3 is 2.93 bits per heavy atom. The lowest BCUT2D eigenvalue weighted by atomic mass is 9.76. The van der Waals surface area contributed by atoms with Crippen LogP contribution in [0.3, 0.4) is 0 Å². The van der Waals surface area contributed by atoms with Gasteiger partial charge in [-0.2, -0.15) is 0 Å². The largest absolute Gasteiger partial charge is 0.479 e. The number of aliphatic carboxylic acids is 1. The van der Waals surface area contributed by atoms with Crippen molar-refractivity contribution < 1.29 is 14.6 Å². The van der Waals surface area contributed by atoms with Crippen molar-refractivity contribution in [3.05, 3.63) is 48.1 Å². The maximum Gasteiger partial charge on any atom is 0.341 e. The predicted molar refractivity (Wildman–Crippen MR) is 56.4 cm³/mol. The third-order valence-corrected chi connectivity index (χ3v) is 2.83. The van der Waals surface area contributed by atoms with E-state index in [1.807, 2.05) is 30.4 Å². The van der Waals surface area contributed by atoms with E-state index in [2.05, 4.69) is 0 Å². The van der Waals surface area contributed by atoms with Crippen LogP contribution in [0.4, 0.5) is 0 Å². The molecule has 3 nitrogen and oxygen atoms in total. The van der Waals surface area contributed by atoms with Crippen LogP contribution in [0.15, 0.2) is 48.1 Å². The molecule has 0 bridgehead atoms. The van der Waals surface area contributed by atoms with Crippen LogP contribution in [-0.2, 0) is 9.53 Å². The van der Waals surface area contributed by atoms with E-state index in [1.165, 1.54) is 7.11 Å². The van der Waals surface area contributed by atoms with Gasteiger partial charge in [-0.1, -0.05) is 36.5 Å². The molecular weight excluding hydrogens is 192 g/mol. The lowest BCUT2D eigenvalue weighted by molar-refractivity contribution is -0.159. The molecule has 3 heteroatoms. The number of rotatable bonds is 2. The van der Waals surface area contributed by atoms with Gasteiger partial charge in [-0.3, -0.25) is 0 Å². The second-order valence-electron chi connectivity index (χ2n) is 3.55. The molecular formula is C12H12O3. The van der Waals surface area contributed by atoms with E-state index in [4.69, 9.17) is 4.74 Å². The lowest BCUT2D eigenvalue weighted by Gasteiger charge is -2.35. The van der Waals surface area contributed by atoms with Crippen LogP contribution in [0.1, 0.15) is 0 Å². The Bertz CT molecular complexity index is 401. The molecule has 15 heavy (non-hydrogen) atoms. The van der Waals surface area contributed by atoms with Gasteiger partial charge in [-0.25, -0.2) is 4.79 Å². The molecule has 0 fully saturated rings. The zero-order valence-electron chi connectivity index (χ0n) is 8.38. The number of hydrogen-bond acceptors (Lipinski definition) is 2. The van der Waals surface area contributed by atoms with Crippen molar-refractivity contribution in [3.8, 4) is 0 Å². The average Bonchev–Trinajstić information content (AvgIpc) is 2.28. The van der Waals surface area contributed by atoms with E-state index in [-0.39, 0.29) is 5.92 Å². The molecule has 0 aromatic rings. The molecule has 0 spiro atoms. The van der Waals surface area contributed by atoms with Gasteiger partial charge in [0.05, 0.1) is 0 Å². The van der Waals surface area contributed by atoms with Gasteiger partial charge in [0.25, 0.3) is 0 Å². The number of carboxylic acids is 1. The van der Waals surface area contributed by atoms with Crippen LogP contribution in [-0.4, -0.2) is 23.8 Å². The highest BCUT2D eigenvalue weighted by molar-refractivity contribution is 5.83. The maximum atomic E-state index is 11.3. The number of fused-ring (bicyclic) bond motifs is 1. The highest BCUT2D eigenvalue weighted by Crippen LogP contribution is 2.36. The van der Waals surface area contributed by atoms with Gasteiger partial charge >= 0.3 is 5.97 Å². The average molecular weight is 204 g/mol. The summed E-state index contributed by atoms with van der Waals surface area (Å²) >= 11 is 0. The van der Waals surface area contributed by atoms with Gasteiger partial charge < -0.3 is 9.84 Å². The summed E-state index contributed by atoms with van der Waals surface area (Å²) in [4.78, 5) is 11.3. The summed E-state index contributed by atoms with van der Waals surface area (Å²) in [5.74, 6) is -1.20. The Morgan fingerprint density at radius 2 is 2.27 bits per heavy atom. The fraction of sp³-hybridized carbons (Fsp3) is 0.250. The molecule has 0 radical (unpaired) electrons. The van der Waals surface area contributed by atoms with E-state index >= 15 is 0 Å². The van der Waals surface area contributed by atoms with E-state index in [0.717, 1.165) is 5.57 Å². The number of hydrogen-bond donors (Lipinski definition) is 1. The normalized spacial score (nSPS) is 32.3. The summed E-state index contributed by atoms with van der Waals surface area (Å²) in [6, 6.07) is 0. The molecule has 0 heterocycles. The number of carbonyl (C=O) groups is 1. The van der Waals surface area contributed by atoms with Gasteiger partial charge in [-0.05, 0) is 11.6 Å². The van der Waals surface area contributed by atoms with Crippen molar-refractivity contribution in [2.24, 2.45) is 5.92 Å². The quantitative estimate of drug-likeness (QED) is 0.744. The van der Waals surface area contributed by atoms with Crippen LogP contribution < -0.4 is 0 Å². The summed E-state index contributed by atoms with van der Waals surface area (Å²) in [5, 5.41) is 9.27. The standard InChI is InChI=1S/C12H12O3/c1-15-12(11(13)14)8-4-6-9-5-2-3-7-10(9)12/h2-8,10H,1H3,(H,13,14)/t10-,12+/m1/s1. The number of allylic oxidation sites excluding steroid dienone is 5. The first-order valence-corrected chi connectivity index (χ1v) is 4.73. The van der Waals surface area contributed by atoms with E-state index in [9.17, 15) is 9.90 Å². The van der Waals surface area contributed by atoms with Gasteiger partial charge in [0.2, 0.25) is 0 Å². The summed E-state index contributed by atoms with van der Waals surface area (Å²) in [7, 11) is 1.42. The van der Waals surface area contributed by atoms with Crippen LogP contribution in [0.25, 0.3) is 0 Å². The van der Waals surface area contributed by atoms with Crippen molar-refractivity contribution in [2.75, 3.05) is 7.11 Å². The molecule has 1 N–H and O–H groups in total. The zero-order chi connectivity index (χ0) is 10.9. The van der Waals surface area contributed by atoms with Crippen LogP contribution in [0, 0.1) is 5.92 Å². The van der Waals surface area contributed by atoms with Crippen molar-refractivity contribution in [1.29, 1.82) is 0 Å². The topological polar surface area (TPSA) is 46.5 Å². The third kappa shape index (κ3) is 1.36. The molecule has 0 amide bonds. The van der Waals surface area contributed by atoms with Crippen molar-refractivity contribution >= 4 is 5.97 Å². The molecule has 2 aliphatic rings. The van der Waals surface area contributed by atoms with Crippen molar-refractivity contribution in [1.82, 2.24) is 0 Å². The maximum absolute atomic E-state index is 11.3. The van der Waals surface area contributed by atoms with Crippen LogP contribution in [0.2, 0.25) is 0 Å². The smallest absolute Gasteiger partial charge is 0.341 e. The zero-order valence-corrected chi connectivity index (χ0v) is 8.38. The molecule has 0 aromatic heterocycles. The number of ether oxygens (including phenoxy) is 1. The van der Waals surface area contributed by atoms with Crippen molar-refractivity contribution in [3.63, 3.8) is 0 Å². The van der Waals surface area contributed by atoms with Crippen LogP contribution >= 0.6 is 0 Å². The summed E-state index contributed by atoms with van der Waals surface area (Å²) in [6.45, 7) is 0. The minimum Gasteiger partial charge on any atom is -0.479 e. The van der Waals surface area contributed by atoms with Gasteiger partial charge in [0.15, 0.2) is 5.60 Å². The first-order chi connectivity index (χ1) is 7.20. The molecule has 0 saturated heterocycles. The molecule has 0 aromatic carbocycles. The molecule has 0 aliphatic heterocycles. The Labute approximate surface area is 88.1 Å². The second-order valence-corrected chi connectivity index (χ2v) is 3.55. The summed E-state index contributed by atoms with van der Waals surface area (Å²) in [5.41, 5.74) is -0.296. The lowest BCUT2D eigenvalue weighted by Crippen LogP contribution is -2.47. The first kappa shape index (κ1) is 9.93. The number of methoxy groups -OCH3 is 1.